The van der Waals surface area contributed by atoms with Crippen molar-refractivity contribution in [2.24, 2.45) is 5.10 Å². The second-order valence-corrected chi connectivity index (χ2v) is 5.70. The zero-order valence-electron chi connectivity index (χ0n) is 13.5. The molecule has 1 aliphatic rings. The lowest BCUT2D eigenvalue weighted by Gasteiger charge is -2.36. The molecule has 0 saturated heterocycles. The number of nitrogens with zero attached hydrogens (tertiary/aromatic N) is 3. The van der Waals surface area contributed by atoms with Gasteiger partial charge in [0, 0.05) is 24.3 Å². The Balaban J connectivity index is 2.25. The molecule has 0 radical (unpaired) electrons. The number of carbonyl (C=O) groups is 1. The van der Waals surface area contributed by atoms with E-state index in [9.17, 15) is 42.0 Å². The molecule has 27 heavy (non-hydrogen) atoms. The minimum Gasteiger partial charge on any atom is -0.362 e. The summed E-state index contributed by atoms with van der Waals surface area (Å²) in [6, 6.07) is 4.42. The van der Waals surface area contributed by atoms with Crippen molar-refractivity contribution in [2.45, 2.75) is 38.0 Å². The number of hydrazone groups is 1. The molecule has 0 unspecified atom stereocenters. The minimum atomic E-state index is -5.77. The average molecular weight is 397 g/mol. The minimum absolute atomic E-state index is 0.132. The molecule has 8 nitrogen and oxygen atoms in total. The van der Waals surface area contributed by atoms with Gasteiger partial charge in [0.05, 0.1) is 11.3 Å². The van der Waals surface area contributed by atoms with Crippen LogP contribution in [0.25, 0.3) is 0 Å². The summed E-state index contributed by atoms with van der Waals surface area (Å²) >= 11 is 0. The van der Waals surface area contributed by atoms with Gasteiger partial charge in [0.25, 0.3) is 11.4 Å². The van der Waals surface area contributed by atoms with Crippen LogP contribution in [0.2, 0.25) is 0 Å². The number of carbonyl (C=O) groups excluding carboxylic acids is 1. The molecule has 1 atom stereocenters. The third-order valence-electron chi connectivity index (χ3n) is 3.57. The van der Waals surface area contributed by atoms with Gasteiger partial charge in [0.15, 0.2) is 0 Å². The van der Waals surface area contributed by atoms with Gasteiger partial charge in [0.2, 0.25) is 5.91 Å². The highest BCUT2D eigenvalue weighted by Crippen LogP contribution is 2.43. The molecule has 2 rings (SSSR count). The van der Waals surface area contributed by atoms with E-state index in [0.717, 1.165) is 31.2 Å². The third-order valence-corrected chi connectivity index (χ3v) is 3.57. The van der Waals surface area contributed by atoms with Gasteiger partial charge in [-0.1, -0.05) is 12.1 Å². The molecule has 148 valence electrons. The number of amides is 1. The SMILES string of the molecule is CC1=NN(C(=O)Cc2ccc([N+](=O)[O-])cc2)[C@@](O)(C(F)(F)OC(F)(F)F)C1. The smallest absolute Gasteiger partial charge is 0.362 e. The fourth-order valence-electron chi connectivity index (χ4n) is 2.42. The summed E-state index contributed by atoms with van der Waals surface area (Å²) in [5.41, 5.74) is -4.06. The summed E-state index contributed by atoms with van der Waals surface area (Å²) in [4.78, 5) is 22.1. The first-order valence-corrected chi connectivity index (χ1v) is 7.23. The molecule has 1 heterocycles. The van der Waals surface area contributed by atoms with E-state index in [2.05, 4.69) is 9.84 Å². The zero-order valence-corrected chi connectivity index (χ0v) is 13.5. The molecule has 1 aliphatic heterocycles. The largest absolute Gasteiger partial charge is 0.527 e. The van der Waals surface area contributed by atoms with Crippen LogP contribution in [0.3, 0.4) is 0 Å². The fourth-order valence-corrected chi connectivity index (χ4v) is 2.42. The maximum absolute atomic E-state index is 13.9. The van der Waals surface area contributed by atoms with E-state index in [4.69, 9.17) is 0 Å². The Kier molecular flexibility index (Phi) is 5.21. The highest BCUT2D eigenvalue weighted by Gasteiger charge is 2.66. The standard InChI is InChI=1S/C14H12F5N3O5/c1-8-7-12(24,13(15,16)27-14(17,18)19)21(20-8)11(23)6-9-2-4-10(5-3-9)22(25)26/h2-5,24H,6-7H2,1H3/t12-/m0/s1. The number of aliphatic hydroxyl groups is 1. The number of hydrogen-bond donors (Lipinski definition) is 1. The van der Waals surface area contributed by atoms with Crippen LogP contribution in [0, 0.1) is 10.1 Å². The van der Waals surface area contributed by atoms with Crippen molar-refractivity contribution in [1.82, 2.24) is 5.01 Å². The second kappa shape index (κ2) is 6.81. The van der Waals surface area contributed by atoms with Crippen LogP contribution in [0.4, 0.5) is 27.6 Å². The molecule has 13 heteroatoms. The molecule has 1 aromatic carbocycles. The Morgan fingerprint density at radius 2 is 1.89 bits per heavy atom. The van der Waals surface area contributed by atoms with Crippen molar-refractivity contribution < 1.29 is 41.5 Å². The predicted octanol–water partition coefficient (Wildman–Crippen LogP) is 2.56. The van der Waals surface area contributed by atoms with Crippen molar-refractivity contribution in [3.05, 3.63) is 39.9 Å². The van der Waals surface area contributed by atoms with Gasteiger partial charge >= 0.3 is 12.5 Å². The number of nitro benzene ring substituents is 1. The lowest BCUT2D eigenvalue weighted by Crippen LogP contribution is -2.61. The van der Waals surface area contributed by atoms with Gasteiger partial charge in [-0.05, 0) is 12.5 Å². The number of ether oxygens (including phenoxy) is 1. The predicted molar refractivity (Wildman–Crippen MR) is 78.4 cm³/mol. The average Bonchev–Trinajstić information content (AvgIpc) is 2.82. The van der Waals surface area contributed by atoms with Crippen molar-refractivity contribution in [3.8, 4) is 0 Å². The van der Waals surface area contributed by atoms with Crippen molar-refractivity contribution in [3.63, 3.8) is 0 Å². The molecule has 0 bridgehead atoms. The Bertz CT molecular complexity index is 780. The van der Waals surface area contributed by atoms with Gasteiger partial charge in [0.1, 0.15) is 0 Å². The van der Waals surface area contributed by atoms with Crippen molar-refractivity contribution in [1.29, 1.82) is 0 Å². The number of non-ortho nitro benzene ring substituents is 1. The Morgan fingerprint density at radius 1 is 1.33 bits per heavy atom. The first kappa shape index (κ1) is 20.6. The van der Waals surface area contributed by atoms with Gasteiger partial charge < -0.3 is 5.11 Å². The van der Waals surface area contributed by atoms with Crippen LogP contribution in [0.15, 0.2) is 29.4 Å². The van der Waals surface area contributed by atoms with E-state index >= 15 is 0 Å². The molecule has 1 aromatic rings. The van der Waals surface area contributed by atoms with Crippen LogP contribution < -0.4 is 0 Å². The number of alkyl halides is 5. The zero-order chi connectivity index (χ0) is 20.6. The molecule has 0 aromatic heterocycles. The maximum Gasteiger partial charge on any atom is 0.527 e. The van der Waals surface area contributed by atoms with E-state index in [1.807, 2.05) is 0 Å². The third kappa shape index (κ3) is 4.36. The first-order chi connectivity index (χ1) is 12.2. The Morgan fingerprint density at radius 3 is 2.37 bits per heavy atom. The van der Waals surface area contributed by atoms with Crippen molar-refractivity contribution in [2.75, 3.05) is 0 Å². The van der Waals surface area contributed by atoms with Crippen LogP contribution in [-0.2, 0) is 16.0 Å². The number of nitro groups is 1. The molecule has 0 aliphatic carbocycles. The number of benzene rings is 1. The van der Waals surface area contributed by atoms with E-state index in [-0.39, 0.29) is 22.0 Å². The van der Waals surface area contributed by atoms with Crippen molar-refractivity contribution >= 4 is 17.3 Å². The summed E-state index contributed by atoms with van der Waals surface area (Å²) < 4.78 is 67.3. The van der Waals surface area contributed by atoms with Gasteiger partial charge in [-0.3, -0.25) is 14.9 Å². The number of halogens is 5. The maximum atomic E-state index is 13.9. The lowest BCUT2D eigenvalue weighted by molar-refractivity contribution is -0.469. The van der Waals surface area contributed by atoms with E-state index < -0.39 is 41.9 Å². The second-order valence-electron chi connectivity index (χ2n) is 5.70. The monoisotopic (exact) mass is 397 g/mol. The molecular weight excluding hydrogens is 385 g/mol. The van der Waals surface area contributed by atoms with E-state index in [1.54, 1.807) is 0 Å². The molecule has 1 amide bonds. The summed E-state index contributed by atoms with van der Waals surface area (Å²) in [6.07, 6.45) is -12.7. The molecule has 0 saturated carbocycles. The quantitative estimate of drug-likeness (QED) is 0.467. The van der Waals surface area contributed by atoms with Gasteiger partial charge in [-0.2, -0.15) is 18.9 Å². The molecular formula is C14H12F5N3O5. The van der Waals surface area contributed by atoms with Gasteiger partial charge in [-0.25, -0.2) is 4.74 Å². The lowest BCUT2D eigenvalue weighted by atomic mass is 10.1. The van der Waals surface area contributed by atoms with Crippen LogP contribution in [-0.4, -0.2) is 44.9 Å². The summed E-state index contributed by atoms with van der Waals surface area (Å²) in [6.45, 7) is 1.13. The van der Waals surface area contributed by atoms with Crippen LogP contribution in [0.5, 0.6) is 0 Å². The van der Waals surface area contributed by atoms with E-state index in [0.29, 0.717) is 0 Å². The first-order valence-electron chi connectivity index (χ1n) is 7.23. The fraction of sp³-hybridized carbons (Fsp3) is 0.429. The number of hydrogen-bond acceptors (Lipinski definition) is 6. The summed E-state index contributed by atoms with van der Waals surface area (Å²) in [7, 11) is 0. The van der Waals surface area contributed by atoms with Crippen LogP contribution in [0.1, 0.15) is 18.9 Å². The Labute approximate surface area is 148 Å². The molecule has 0 spiro atoms. The van der Waals surface area contributed by atoms with Crippen LogP contribution >= 0.6 is 0 Å². The van der Waals surface area contributed by atoms with E-state index in [1.165, 1.54) is 0 Å². The number of rotatable bonds is 5. The van der Waals surface area contributed by atoms with Gasteiger partial charge in [-0.15, -0.1) is 13.2 Å². The topological polar surface area (TPSA) is 105 Å². The molecule has 0 fully saturated rings. The summed E-state index contributed by atoms with van der Waals surface area (Å²) in [5, 5.41) is 23.9. The normalized spacial score (nSPS) is 20.6. The highest BCUT2D eigenvalue weighted by atomic mass is 19.4. The highest BCUT2D eigenvalue weighted by molar-refractivity contribution is 5.89. The Hall–Kier alpha value is -2.67. The molecule has 1 N–H and O–H groups in total. The summed E-state index contributed by atoms with van der Waals surface area (Å²) in [5.74, 6) is -1.26.